The van der Waals surface area contributed by atoms with Crippen molar-refractivity contribution in [2.45, 2.75) is 0 Å². The molecule has 0 aromatic heterocycles. The van der Waals surface area contributed by atoms with Gasteiger partial charge in [-0.05, 0) is 73.8 Å². The summed E-state index contributed by atoms with van der Waals surface area (Å²) >= 11 is 6.19. The van der Waals surface area contributed by atoms with Crippen molar-refractivity contribution in [3.63, 3.8) is 0 Å². The van der Waals surface area contributed by atoms with Crippen LogP contribution in [0.3, 0.4) is 0 Å². The Morgan fingerprint density at radius 2 is 1.83 bits per heavy atom. The van der Waals surface area contributed by atoms with Gasteiger partial charge in [0.1, 0.15) is 12.4 Å². The van der Waals surface area contributed by atoms with Gasteiger partial charge in [-0.3, -0.25) is 4.79 Å². The van der Waals surface area contributed by atoms with Crippen LogP contribution >= 0.6 is 67.8 Å². The molecule has 0 spiro atoms. The SMILES string of the molecule is O=C([O-])COc1c(I)cc(I)c(C(=O)N2CCOCC2)c1I.[Na+]. The van der Waals surface area contributed by atoms with Crippen LogP contribution in [0.2, 0.25) is 0 Å². The fourth-order valence-corrected chi connectivity index (χ4v) is 6.10. The van der Waals surface area contributed by atoms with Crippen molar-refractivity contribution in [2.24, 2.45) is 0 Å². The van der Waals surface area contributed by atoms with E-state index < -0.39 is 12.6 Å². The van der Waals surface area contributed by atoms with E-state index in [1.807, 2.05) is 28.7 Å². The Labute approximate surface area is 196 Å². The summed E-state index contributed by atoms with van der Waals surface area (Å²) in [6.07, 6.45) is 0. The molecular formula is C13H11I3NNaO5. The van der Waals surface area contributed by atoms with Gasteiger partial charge in [0.2, 0.25) is 0 Å². The predicted octanol–water partition coefficient (Wildman–Crippen LogP) is -1.89. The maximum absolute atomic E-state index is 12.7. The molecule has 23 heavy (non-hydrogen) atoms. The molecule has 10 heteroatoms. The molecule has 0 aliphatic carbocycles. The van der Waals surface area contributed by atoms with Gasteiger partial charge in [0.05, 0.1) is 31.9 Å². The van der Waals surface area contributed by atoms with Crippen molar-refractivity contribution in [1.29, 1.82) is 0 Å². The summed E-state index contributed by atoms with van der Waals surface area (Å²) in [6.45, 7) is 1.60. The number of nitrogens with zero attached hydrogens (tertiary/aromatic N) is 1. The minimum atomic E-state index is -1.30. The molecule has 1 aromatic rings. The van der Waals surface area contributed by atoms with Crippen molar-refractivity contribution in [3.05, 3.63) is 22.3 Å². The molecule has 1 fully saturated rings. The number of benzene rings is 1. The number of carbonyl (C=O) groups is 2. The summed E-state index contributed by atoms with van der Waals surface area (Å²) in [7, 11) is 0. The van der Waals surface area contributed by atoms with Crippen molar-refractivity contribution in [3.8, 4) is 5.75 Å². The summed E-state index contributed by atoms with van der Waals surface area (Å²) in [4.78, 5) is 25.0. The van der Waals surface area contributed by atoms with Crippen molar-refractivity contribution in [2.75, 3.05) is 32.9 Å². The van der Waals surface area contributed by atoms with E-state index in [0.29, 0.717) is 41.2 Å². The van der Waals surface area contributed by atoms with Gasteiger partial charge >= 0.3 is 29.6 Å². The first-order chi connectivity index (χ1) is 10.4. The molecule has 1 saturated heterocycles. The number of carboxylic acid groups (broad SMARTS) is 1. The van der Waals surface area contributed by atoms with Gasteiger partial charge in [-0.2, -0.15) is 0 Å². The molecule has 1 aliphatic heterocycles. The summed E-state index contributed by atoms with van der Waals surface area (Å²) < 4.78 is 12.7. The Hall–Kier alpha value is 1.11. The molecule has 0 unspecified atom stereocenters. The van der Waals surface area contributed by atoms with Crippen LogP contribution in [0.25, 0.3) is 0 Å². The Morgan fingerprint density at radius 3 is 2.39 bits per heavy atom. The van der Waals surface area contributed by atoms with E-state index in [2.05, 4.69) is 45.2 Å². The third-order valence-electron chi connectivity index (χ3n) is 2.97. The number of amides is 1. The Kier molecular flexibility index (Phi) is 9.93. The first kappa shape index (κ1) is 22.2. The van der Waals surface area contributed by atoms with Gasteiger partial charge in [-0.1, -0.05) is 0 Å². The van der Waals surface area contributed by atoms with Gasteiger partial charge in [0, 0.05) is 16.7 Å². The molecule has 1 amide bonds. The van der Waals surface area contributed by atoms with Crippen molar-refractivity contribution >= 4 is 79.6 Å². The minimum absolute atomic E-state index is 0. The smallest absolute Gasteiger partial charge is 0.546 e. The van der Waals surface area contributed by atoms with E-state index in [0.717, 1.165) is 7.14 Å². The minimum Gasteiger partial charge on any atom is -0.546 e. The molecule has 1 heterocycles. The van der Waals surface area contributed by atoms with E-state index in [-0.39, 0.29) is 35.5 Å². The zero-order chi connectivity index (χ0) is 16.3. The average molecular weight is 665 g/mol. The second-order valence-electron chi connectivity index (χ2n) is 4.42. The van der Waals surface area contributed by atoms with Gasteiger partial charge in [0.25, 0.3) is 5.91 Å². The maximum Gasteiger partial charge on any atom is 1.00 e. The largest absolute Gasteiger partial charge is 1.00 e. The fraction of sp³-hybridized carbons (Fsp3) is 0.385. The molecule has 2 rings (SSSR count). The zero-order valence-electron chi connectivity index (χ0n) is 12.2. The van der Waals surface area contributed by atoms with Crippen molar-refractivity contribution in [1.82, 2.24) is 4.90 Å². The summed E-state index contributed by atoms with van der Waals surface area (Å²) in [5.41, 5.74) is 0.539. The molecule has 0 bridgehead atoms. The number of hydrogen-bond donors (Lipinski definition) is 0. The van der Waals surface area contributed by atoms with E-state index in [1.165, 1.54) is 0 Å². The van der Waals surface area contributed by atoms with Crippen LogP contribution in [0.15, 0.2) is 6.07 Å². The van der Waals surface area contributed by atoms with E-state index in [1.54, 1.807) is 4.90 Å². The number of carboxylic acids is 1. The second-order valence-corrected chi connectivity index (χ2v) is 7.83. The molecule has 6 nitrogen and oxygen atoms in total. The van der Waals surface area contributed by atoms with Gasteiger partial charge in [-0.15, -0.1) is 0 Å². The first-order valence-corrected chi connectivity index (χ1v) is 9.52. The standard InChI is InChI=1S/C13H12I3NO5.Na/c14-7-5-8(15)12(22-6-9(18)19)11(16)10(7)13(20)17-1-3-21-4-2-17;/h5H,1-4,6H2,(H,18,19);/q;+1/p-1. The zero-order valence-corrected chi connectivity index (χ0v) is 20.7. The quantitative estimate of drug-likeness (QED) is 0.278. The molecule has 120 valence electrons. The summed E-state index contributed by atoms with van der Waals surface area (Å²) in [6, 6.07) is 1.81. The second kappa shape index (κ2) is 10.3. The Morgan fingerprint density at radius 1 is 1.22 bits per heavy atom. The third kappa shape index (κ3) is 5.81. The van der Waals surface area contributed by atoms with Crippen LogP contribution < -0.4 is 39.4 Å². The van der Waals surface area contributed by atoms with Gasteiger partial charge < -0.3 is 24.3 Å². The van der Waals surface area contributed by atoms with Gasteiger partial charge in [-0.25, -0.2) is 0 Å². The normalized spacial score (nSPS) is 14.1. The molecule has 0 atom stereocenters. The molecule has 0 N–H and O–H groups in total. The maximum atomic E-state index is 12.7. The van der Waals surface area contributed by atoms with Gasteiger partial charge in [0.15, 0.2) is 0 Å². The van der Waals surface area contributed by atoms with Crippen LogP contribution in [0, 0.1) is 10.7 Å². The van der Waals surface area contributed by atoms with Crippen LogP contribution in [0.4, 0.5) is 0 Å². The third-order valence-corrected chi connectivity index (χ3v) is 5.66. The van der Waals surface area contributed by atoms with E-state index in [9.17, 15) is 14.7 Å². The predicted molar refractivity (Wildman–Crippen MR) is 102 cm³/mol. The molecule has 0 radical (unpaired) electrons. The first-order valence-electron chi connectivity index (χ1n) is 6.29. The number of aliphatic carboxylic acids is 1. The van der Waals surface area contributed by atoms with E-state index in [4.69, 9.17) is 9.47 Å². The van der Waals surface area contributed by atoms with Crippen LogP contribution in [-0.2, 0) is 9.53 Å². The van der Waals surface area contributed by atoms with Crippen LogP contribution in [-0.4, -0.2) is 49.7 Å². The topological polar surface area (TPSA) is 78.9 Å². The number of carbonyl (C=O) groups excluding carboxylic acids is 2. The summed E-state index contributed by atoms with van der Waals surface area (Å²) in [5, 5.41) is 10.6. The molecule has 1 aliphatic rings. The van der Waals surface area contributed by atoms with E-state index >= 15 is 0 Å². The molecule has 0 saturated carbocycles. The number of morpholine rings is 1. The number of rotatable bonds is 4. The fourth-order valence-electron chi connectivity index (χ4n) is 1.96. The average Bonchev–Trinajstić information content (AvgIpc) is 2.47. The van der Waals surface area contributed by atoms with Crippen LogP contribution in [0.5, 0.6) is 5.75 Å². The number of hydrogen-bond acceptors (Lipinski definition) is 5. The number of halogens is 3. The Bertz CT molecular complexity index is 608. The summed E-state index contributed by atoms with van der Waals surface area (Å²) in [5.74, 6) is -0.986. The van der Waals surface area contributed by atoms with Crippen LogP contribution in [0.1, 0.15) is 10.4 Å². The molecule has 1 aromatic carbocycles. The Balaban J connectivity index is 0.00000264. The van der Waals surface area contributed by atoms with Crippen molar-refractivity contribution < 1.29 is 53.7 Å². The monoisotopic (exact) mass is 665 g/mol. The molecular weight excluding hydrogens is 654 g/mol. The number of ether oxygens (including phenoxy) is 2.